The third kappa shape index (κ3) is 2.48. The Morgan fingerprint density at radius 2 is 2.12 bits per heavy atom. The standard InChI is InChI=1S/C12H22N2O2/c1-12(2,3)16-11(15)14-8-7-13-9-5-4-6-10(9)14/h9-10,13H,4-8H2,1-3H3/t9-,10+/m0/s1. The van der Waals surface area contributed by atoms with Gasteiger partial charge in [-0.25, -0.2) is 4.79 Å². The zero-order chi connectivity index (χ0) is 11.8. The Bertz CT molecular complexity index is 273. The Balaban J connectivity index is 2.00. The van der Waals surface area contributed by atoms with Gasteiger partial charge in [-0.05, 0) is 40.0 Å². The molecule has 92 valence electrons. The molecule has 1 amide bonds. The Labute approximate surface area is 97.3 Å². The van der Waals surface area contributed by atoms with E-state index in [1.807, 2.05) is 25.7 Å². The van der Waals surface area contributed by atoms with E-state index < -0.39 is 5.60 Å². The quantitative estimate of drug-likeness (QED) is 0.684. The molecule has 4 heteroatoms. The van der Waals surface area contributed by atoms with Gasteiger partial charge in [-0.15, -0.1) is 0 Å². The van der Waals surface area contributed by atoms with Gasteiger partial charge in [0, 0.05) is 19.1 Å². The number of piperazine rings is 1. The Kier molecular flexibility index (Phi) is 3.10. The molecule has 2 rings (SSSR count). The monoisotopic (exact) mass is 226 g/mol. The molecule has 0 aromatic carbocycles. The summed E-state index contributed by atoms with van der Waals surface area (Å²) in [7, 11) is 0. The first-order valence-corrected chi connectivity index (χ1v) is 6.20. The molecule has 1 N–H and O–H groups in total. The van der Waals surface area contributed by atoms with Crippen molar-refractivity contribution in [3.05, 3.63) is 0 Å². The summed E-state index contributed by atoms with van der Waals surface area (Å²) in [5, 5.41) is 3.48. The highest BCUT2D eigenvalue weighted by molar-refractivity contribution is 5.69. The van der Waals surface area contributed by atoms with E-state index in [1.165, 1.54) is 12.8 Å². The van der Waals surface area contributed by atoms with Gasteiger partial charge in [0.25, 0.3) is 0 Å². The number of hydrogen-bond acceptors (Lipinski definition) is 3. The summed E-state index contributed by atoms with van der Waals surface area (Å²) in [6, 6.07) is 0.838. The van der Waals surface area contributed by atoms with Crippen LogP contribution in [0, 0.1) is 0 Å². The van der Waals surface area contributed by atoms with Crippen LogP contribution in [0.4, 0.5) is 4.79 Å². The van der Waals surface area contributed by atoms with Gasteiger partial charge in [0.05, 0.1) is 6.04 Å². The number of amides is 1. The van der Waals surface area contributed by atoms with Gasteiger partial charge in [-0.2, -0.15) is 0 Å². The second kappa shape index (κ2) is 4.24. The fraction of sp³-hybridized carbons (Fsp3) is 0.917. The van der Waals surface area contributed by atoms with Gasteiger partial charge in [0.1, 0.15) is 5.60 Å². The molecule has 2 fully saturated rings. The molecule has 0 spiro atoms. The van der Waals surface area contributed by atoms with Crippen molar-refractivity contribution in [1.82, 2.24) is 10.2 Å². The van der Waals surface area contributed by atoms with E-state index in [0.29, 0.717) is 12.1 Å². The van der Waals surface area contributed by atoms with Crippen LogP contribution >= 0.6 is 0 Å². The zero-order valence-corrected chi connectivity index (χ0v) is 10.5. The van der Waals surface area contributed by atoms with E-state index in [2.05, 4.69) is 5.32 Å². The minimum Gasteiger partial charge on any atom is -0.444 e. The molecule has 16 heavy (non-hydrogen) atoms. The number of carbonyl (C=O) groups is 1. The van der Waals surface area contributed by atoms with E-state index in [4.69, 9.17) is 4.74 Å². The Morgan fingerprint density at radius 1 is 1.38 bits per heavy atom. The number of nitrogens with zero attached hydrogens (tertiary/aromatic N) is 1. The normalized spacial score (nSPS) is 30.1. The van der Waals surface area contributed by atoms with Gasteiger partial charge >= 0.3 is 6.09 Å². The van der Waals surface area contributed by atoms with Crippen molar-refractivity contribution in [2.45, 2.75) is 57.7 Å². The van der Waals surface area contributed by atoms with E-state index in [0.717, 1.165) is 19.5 Å². The van der Waals surface area contributed by atoms with Crippen LogP contribution in [0.15, 0.2) is 0 Å². The molecule has 0 aromatic rings. The lowest BCUT2D eigenvalue weighted by Gasteiger charge is -2.39. The predicted octanol–water partition coefficient (Wildman–Crippen LogP) is 1.75. The van der Waals surface area contributed by atoms with Crippen molar-refractivity contribution in [2.75, 3.05) is 13.1 Å². The molecule has 2 aliphatic rings. The van der Waals surface area contributed by atoms with E-state index in [1.54, 1.807) is 0 Å². The predicted molar refractivity (Wildman–Crippen MR) is 62.4 cm³/mol. The van der Waals surface area contributed by atoms with E-state index in [9.17, 15) is 4.79 Å². The maximum atomic E-state index is 12.0. The van der Waals surface area contributed by atoms with Gasteiger partial charge in [0.15, 0.2) is 0 Å². The summed E-state index contributed by atoms with van der Waals surface area (Å²) in [5.41, 5.74) is -0.393. The molecule has 1 saturated carbocycles. The van der Waals surface area contributed by atoms with Crippen molar-refractivity contribution in [2.24, 2.45) is 0 Å². The van der Waals surface area contributed by atoms with Crippen LogP contribution in [-0.2, 0) is 4.74 Å². The molecular formula is C12H22N2O2. The van der Waals surface area contributed by atoms with E-state index in [-0.39, 0.29) is 6.09 Å². The fourth-order valence-corrected chi connectivity index (χ4v) is 2.64. The highest BCUT2D eigenvalue weighted by atomic mass is 16.6. The number of ether oxygens (including phenoxy) is 1. The first-order chi connectivity index (χ1) is 7.47. The molecule has 4 nitrogen and oxygen atoms in total. The zero-order valence-electron chi connectivity index (χ0n) is 10.5. The highest BCUT2D eigenvalue weighted by Gasteiger charge is 2.38. The average Bonchev–Trinajstić information content (AvgIpc) is 2.61. The molecule has 0 unspecified atom stereocenters. The number of nitrogens with one attached hydrogen (secondary N) is 1. The Hall–Kier alpha value is -0.770. The molecular weight excluding hydrogens is 204 g/mol. The summed E-state index contributed by atoms with van der Waals surface area (Å²) in [6.07, 6.45) is 3.36. The number of rotatable bonds is 0. The van der Waals surface area contributed by atoms with Crippen molar-refractivity contribution in [1.29, 1.82) is 0 Å². The topological polar surface area (TPSA) is 41.6 Å². The molecule has 0 bridgehead atoms. The minimum atomic E-state index is -0.393. The lowest BCUT2D eigenvalue weighted by molar-refractivity contribution is 0.00882. The van der Waals surface area contributed by atoms with Gasteiger partial charge < -0.3 is 15.0 Å². The maximum Gasteiger partial charge on any atom is 0.410 e. The van der Waals surface area contributed by atoms with Crippen molar-refractivity contribution < 1.29 is 9.53 Å². The van der Waals surface area contributed by atoms with Crippen molar-refractivity contribution in [3.63, 3.8) is 0 Å². The molecule has 2 atom stereocenters. The molecule has 0 radical (unpaired) electrons. The first kappa shape index (κ1) is 11.7. The highest BCUT2D eigenvalue weighted by Crippen LogP contribution is 2.27. The smallest absolute Gasteiger partial charge is 0.410 e. The van der Waals surface area contributed by atoms with Crippen LogP contribution < -0.4 is 5.32 Å². The molecule has 1 heterocycles. The van der Waals surface area contributed by atoms with Crippen LogP contribution in [0.5, 0.6) is 0 Å². The number of fused-ring (bicyclic) bond motifs is 1. The first-order valence-electron chi connectivity index (χ1n) is 6.20. The second-order valence-electron chi connectivity index (χ2n) is 5.73. The summed E-state index contributed by atoms with van der Waals surface area (Å²) < 4.78 is 5.44. The summed E-state index contributed by atoms with van der Waals surface area (Å²) in [5.74, 6) is 0. The largest absolute Gasteiger partial charge is 0.444 e. The van der Waals surface area contributed by atoms with E-state index >= 15 is 0 Å². The van der Waals surface area contributed by atoms with Crippen LogP contribution in [0.2, 0.25) is 0 Å². The van der Waals surface area contributed by atoms with Gasteiger partial charge in [0.2, 0.25) is 0 Å². The van der Waals surface area contributed by atoms with Crippen LogP contribution in [0.25, 0.3) is 0 Å². The molecule has 1 aliphatic carbocycles. The lowest BCUT2D eigenvalue weighted by Crippen LogP contribution is -2.57. The fourth-order valence-electron chi connectivity index (χ4n) is 2.64. The Morgan fingerprint density at radius 3 is 2.81 bits per heavy atom. The lowest BCUT2D eigenvalue weighted by atomic mass is 10.1. The third-order valence-corrected chi connectivity index (χ3v) is 3.27. The second-order valence-corrected chi connectivity index (χ2v) is 5.73. The van der Waals surface area contributed by atoms with Crippen molar-refractivity contribution in [3.8, 4) is 0 Å². The molecule has 1 saturated heterocycles. The molecule has 0 aromatic heterocycles. The summed E-state index contributed by atoms with van der Waals surface area (Å²) in [4.78, 5) is 13.9. The van der Waals surface area contributed by atoms with Gasteiger partial charge in [-0.1, -0.05) is 0 Å². The van der Waals surface area contributed by atoms with Gasteiger partial charge in [-0.3, -0.25) is 0 Å². The van der Waals surface area contributed by atoms with Crippen molar-refractivity contribution >= 4 is 6.09 Å². The summed E-state index contributed by atoms with van der Waals surface area (Å²) >= 11 is 0. The molecule has 1 aliphatic heterocycles. The number of hydrogen-bond donors (Lipinski definition) is 1. The van der Waals surface area contributed by atoms with Crippen LogP contribution in [0.3, 0.4) is 0 Å². The maximum absolute atomic E-state index is 12.0. The van der Waals surface area contributed by atoms with Crippen LogP contribution in [-0.4, -0.2) is 41.8 Å². The minimum absolute atomic E-state index is 0.147. The number of carbonyl (C=O) groups excluding carboxylic acids is 1. The summed E-state index contributed by atoms with van der Waals surface area (Å²) in [6.45, 7) is 7.41. The van der Waals surface area contributed by atoms with Crippen LogP contribution in [0.1, 0.15) is 40.0 Å². The SMILES string of the molecule is CC(C)(C)OC(=O)N1CCN[C@H]2CCC[C@H]21. The average molecular weight is 226 g/mol. The third-order valence-electron chi connectivity index (χ3n) is 3.27.